The van der Waals surface area contributed by atoms with Crippen LogP contribution in [0.25, 0.3) is 0 Å². The molecular formula is C22H32N3O2+. The summed E-state index contributed by atoms with van der Waals surface area (Å²) in [5.74, 6) is 2.05. The predicted octanol–water partition coefficient (Wildman–Crippen LogP) is 3.08. The SMILES string of the molecule is Cc1n(CCCN(C)C(=O)Cc2cccc(C3CCCC3)c2O)cc[n+]1C. The van der Waals surface area contributed by atoms with E-state index in [9.17, 15) is 9.90 Å². The van der Waals surface area contributed by atoms with E-state index < -0.39 is 0 Å². The molecule has 0 saturated heterocycles. The first-order valence-corrected chi connectivity index (χ1v) is 10.0. The van der Waals surface area contributed by atoms with E-state index in [2.05, 4.69) is 22.3 Å². The summed E-state index contributed by atoms with van der Waals surface area (Å²) in [6.07, 6.45) is 10.0. The van der Waals surface area contributed by atoms with Gasteiger partial charge in [-0.3, -0.25) is 4.79 Å². The molecule has 2 aromatic rings. The molecule has 0 radical (unpaired) electrons. The molecule has 3 rings (SSSR count). The number of phenols is 1. The Bertz CT molecular complexity index is 791. The van der Waals surface area contributed by atoms with Crippen LogP contribution in [0.3, 0.4) is 0 Å². The van der Waals surface area contributed by atoms with E-state index in [0.29, 0.717) is 18.2 Å². The highest BCUT2D eigenvalue weighted by Gasteiger charge is 2.22. The summed E-state index contributed by atoms with van der Waals surface area (Å²) >= 11 is 0. The maximum atomic E-state index is 12.6. The standard InChI is InChI=1S/C22H31N3O2/c1-17-23(2)14-15-25(17)13-7-12-24(3)21(26)16-19-10-6-11-20(22(19)27)18-8-4-5-9-18/h6,10-11,14-15,18H,4-5,7-9,12-13,16H2,1-3H3/p+1. The third-order valence-electron chi connectivity index (χ3n) is 6.00. The summed E-state index contributed by atoms with van der Waals surface area (Å²) in [7, 11) is 3.89. The van der Waals surface area contributed by atoms with Crippen LogP contribution in [-0.2, 0) is 24.8 Å². The normalized spacial score (nSPS) is 14.6. The number of nitrogens with zero attached hydrogens (tertiary/aromatic N) is 3. The lowest BCUT2D eigenvalue weighted by molar-refractivity contribution is -0.677. The van der Waals surface area contributed by atoms with Gasteiger partial charge in [0.1, 0.15) is 18.1 Å². The van der Waals surface area contributed by atoms with E-state index in [-0.39, 0.29) is 12.3 Å². The van der Waals surface area contributed by atoms with Crippen molar-refractivity contribution in [2.24, 2.45) is 7.05 Å². The highest BCUT2D eigenvalue weighted by atomic mass is 16.3. The summed E-state index contributed by atoms with van der Waals surface area (Å²) in [4.78, 5) is 14.4. The molecule has 1 amide bonds. The fourth-order valence-electron chi connectivity index (χ4n) is 4.06. The van der Waals surface area contributed by atoms with Crippen LogP contribution in [-0.4, -0.2) is 34.1 Å². The molecule has 0 spiro atoms. The second kappa shape index (κ2) is 8.59. The average molecular weight is 371 g/mol. The Morgan fingerprint density at radius 2 is 2.07 bits per heavy atom. The Morgan fingerprint density at radius 3 is 2.74 bits per heavy atom. The van der Waals surface area contributed by atoms with E-state index in [1.54, 1.807) is 4.90 Å². The van der Waals surface area contributed by atoms with Crippen LogP contribution in [0.15, 0.2) is 30.6 Å². The predicted molar refractivity (Wildman–Crippen MR) is 106 cm³/mol. The van der Waals surface area contributed by atoms with Gasteiger partial charge in [0.15, 0.2) is 0 Å². The van der Waals surface area contributed by atoms with Crippen molar-refractivity contribution in [3.05, 3.63) is 47.5 Å². The van der Waals surface area contributed by atoms with Gasteiger partial charge in [0, 0.05) is 32.5 Å². The number of carbonyl (C=O) groups is 1. The Morgan fingerprint density at radius 1 is 1.33 bits per heavy atom. The van der Waals surface area contributed by atoms with Crippen molar-refractivity contribution in [3.8, 4) is 5.75 Å². The monoisotopic (exact) mass is 370 g/mol. The molecule has 1 aliphatic rings. The number of likely N-dealkylation sites (N-methyl/N-ethyl adjacent to an activating group) is 1. The van der Waals surface area contributed by atoms with Gasteiger partial charge < -0.3 is 10.0 Å². The van der Waals surface area contributed by atoms with Gasteiger partial charge in [-0.2, -0.15) is 0 Å². The van der Waals surface area contributed by atoms with Crippen molar-refractivity contribution in [2.45, 2.75) is 57.9 Å². The van der Waals surface area contributed by atoms with Crippen molar-refractivity contribution in [1.82, 2.24) is 9.47 Å². The average Bonchev–Trinajstić information content (AvgIpc) is 3.29. The molecule has 5 nitrogen and oxygen atoms in total. The minimum Gasteiger partial charge on any atom is -0.507 e. The fraction of sp³-hybridized carbons (Fsp3) is 0.545. The lowest BCUT2D eigenvalue weighted by Gasteiger charge is -2.19. The largest absolute Gasteiger partial charge is 0.507 e. The molecule has 27 heavy (non-hydrogen) atoms. The zero-order valence-corrected chi connectivity index (χ0v) is 16.8. The van der Waals surface area contributed by atoms with Crippen LogP contribution < -0.4 is 4.57 Å². The van der Waals surface area contributed by atoms with Gasteiger partial charge in [0.05, 0.1) is 20.0 Å². The molecule has 1 fully saturated rings. The van der Waals surface area contributed by atoms with E-state index in [4.69, 9.17) is 0 Å². The number of hydrogen-bond donors (Lipinski definition) is 1. The third kappa shape index (κ3) is 4.52. The van der Waals surface area contributed by atoms with E-state index in [1.165, 1.54) is 18.7 Å². The van der Waals surface area contributed by atoms with Crippen molar-refractivity contribution in [2.75, 3.05) is 13.6 Å². The molecule has 1 aromatic heterocycles. The molecule has 0 atom stereocenters. The van der Waals surface area contributed by atoms with Gasteiger partial charge in [0.2, 0.25) is 5.91 Å². The molecule has 0 unspecified atom stereocenters. The smallest absolute Gasteiger partial charge is 0.253 e. The van der Waals surface area contributed by atoms with Crippen LogP contribution in [0.2, 0.25) is 0 Å². The van der Waals surface area contributed by atoms with Crippen molar-refractivity contribution in [3.63, 3.8) is 0 Å². The highest BCUT2D eigenvalue weighted by Crippen LogP contribution is 2.39. The Hall–Kier alpha value is -2.30. The van der Waals surface area contributed by atoms with Crippen molar-refractivity contribution in [1.29, 1.82) is 0 Å². The van der Waals surface area contributed by atoms with Crippen molar-refractivity contribution < 1.29 is 14.5 Å². The number of aryl methyl sites for hydroxylation is 2. The van der Waals surface area contributed by atoms with Crippen LogP contribution in [0.5, 0.6) is 5.75 Å². The number of hydrogen-bond acceptors (Lipinski definition) is 2. The number of aromatic nitrogens is 2. The lowest BCUT2D eigenvalue weighted by Crippen LogP contribution is -2.31. The first kappa shape index (κ1) is 19.5. The minimum absolute atomic E-state index is 0.0589. The van der Waals surface area contributed by atoms with Gasteiger partial charge in [-0.05, 0) is 24.3 Å². The van der Waals surface area contributed by atoms with E-state index in [1.807, 2.05) is 38.5 Å². The summed E-state index contributed by atoms with van der Waals surface area (Å²) in [6, 6.07) is 5.87. The number of phenolic OH excluding ortho intramolecular Hbond substituents is 1. The summed E-state index contributed by atoms with van der Waals surface area (Å²) in [5.41, 5.74) is 1.78. The second-order valence-electron chi connectivity index (χ2n) is 7.83. The minimum atomic E-state index is 0.0589. The number of amides is 1. The van der Waals surface area contributed by atoms with Crippen LogP contribution in [0.4, 0.5) is 0 Å². The molecule has 0 aliphatic heterocycles. The number of benzene rings is 1. The molecule has 1 aromatic carbocycles. The number of rotatable bonds is 7. The molecule has 1 heterocycles. The number of imidazole rings is 1. The Labute approximate surface area is 162 Å². The lowest BCUT2D eigenvalue weighted by atomic mass is 9.93. The molecule has 0 bridgehead atoms. The topological polar surface area (TPSA) is 49.4 Å². The number of carbonyl (C=O) groups excluding carboxylic acids is 1. The quantitative estimate of drug-likeness (QED) is 0.762. The Balaban J connectivity index is 1.55. The van der Waals surface area contributed by atoms with Gasteiger partial charge in [-0.1, -0.05) is 31.0 Å². The van der Waals surface area contributed by atoms with Crippen LogP contribution >= 0.6 is 0 Å². The number of aromatic hydroxyl groups is 1. The second-order valence-corrected chi connectivity index (χ2v) is 7.83. The van der Waals surface area contributed by atoms with Gasteiger partial charge in [-0.15, -0.1) is 0 Å². The highest BCUT2D eigenvalue weighted by molar-refractivity contribution is 5.79. The summed E-state index contributed by atoms with van der Waals surface area (Å²) in [6.45, 7) is 3.70. The van der Waals surface area contributed by atoms with Gasteiger partial charge >= 0.3 is 0 Å². The molecule has 1 aliphatic carbocycles. The third-order valence-corrected chi connectivity index (χ3v) is 6.00. The van der Waals surface area contributed by atoms with Crippen LogP contribution in [0, 0.1) is 6.92 Å². The van der Waals surface area contributed by atoms with E-state index in [0.717, 1.165) is 36.9 Å². The molecule has 1 saturated carbocycles. The zero-order valence-electron chi connectivity index (χ0n) is 16.8. The van der Waals surface area contributed by atoms with Gasteiger partial charge in [-0.25, -0.2) is 9.13 Å². The maximum absolute atomic E-state index is 12.6. The summed E-state index contributed by atoms with van der Waals surface area (Å²) in [5, 5.41) is 10.7. The van der Waals surface area contributed by atoms with Crippen LogP contribution in [0.1, 0.15) is 55.0 Å². The molecule has 5 heteroatoms. The van der Waals surface area contributed by atoms with Gasteiger partial charge in [0.25, 0.3) is 5.82 Å². The first-order chi connectivity index (χ1) is 13.0. The summed E-state index contributed by atoms with van der Waals surface area (Å²) < 4.78 is 4.30. The van der Waals surface area contributed by atoms with E-state index >= 15 is 0 Å². The molecule has 1 N–H and O–H groups in total. The fourth-order valence-corrected chi connectivity index (χ4v) is 4.06. The maximum Gasteiger partial charge on any atom is 0.253 e. The molecule has 146 valence electrons. The number of para-hydroxylation sites is 1. The molecular weight excluding hydrogens is 338 g/mol. The van der Waals surface area contributed by atoms with Crippen molar-refractivity contribution >= 4 is 5.91 Å². The zero-order chi connectivity index (χ0) is 19.4. The first-order valence-electron chi connectivity index (χ1n) is 10.0. The Kier molecular flexibility index (Phi) is 6.19.